The van der Waals surface area contributed by atoms with Crippen molar-refractivity contribution in [2.45, 2.75) is 0 Å². The lowest BCUT2D eigenvalue weighted by Crippen LogP contribution is -2.09. The normalized spacial score (nSPS) is 15.3. The van der Waals surface area contributed by atoms with Crippen LogP contribution in [0.3, 0.4) is 0 Å². The molecule has 0 aromatic rings. The van der Waals surface area contributed by atoms with Gasteiger partial charge >= 0.3 is 5.97 Å². The van der Waals surface area contributed by atoms with E-state index in [2.05, 4.69) is 5.73 Å². The summed E-state index contributed by atoms with van der Waals surface area (Å²) in [6.45, 7) is 0. The number of hydrogen-bond donors (Lipinski definition) is 2. The number of nitrogens with two attached hydrogens (primary N) is 1. The molecule has 3 nitrogen and oxygen atoms in total. The van der Waals surface area contributed by atoms with E-state index >= 15 is 0 Å². The number of carboxylic acids is 1. The minimum atomic E-state index is -1.02. The molecule has 0 fully saturated rings. The van der Waals surface area contributed by atoms with Gasteiger partial charge in [0.15, 0.2) is 0 Å². The van der Waals surface area contributed by atoms with Crippen molar-refractivity contribution in [2.24, 2.45) is 5.73 Å². The fourth-order valence-electron chi connectivity index (χ4n) is 0.706. The minimum absolute atomic E-state index is 0.103. The van der Waals surface area contributed by atoms with Crippen LogP contribution in [0.4, 0.5) is 0 Å². The fourth-order valence-corrected chi connectivity index (χ4v) is 0.706. The standard InChI is InChI=1S/C8H7NO2/c9-7-5-3-1-2-4-6(7)8(10)11/h2-5H,9H2,(H,10,11). The summed E-state index contributed by atoms with van der Waals surface area (Å²) in [5.74, 6) is -1.02. The van der Waals surface area contributed by atoms with E-state index in [4.69, 9.17) is 10.8 Å². The smallest absolute Gasteiger partial charge is 0.337 e. The van der Waals surface area contributed by atoms with E-state index in [0.717, 1.165) is 0 Å². The van der Waals surface area contributed by atoms with Crippen molar-refractivity contribution in [3.63, 3.8) is 0 Å². The van der Waals surface area contributed by atoms with Crippen LogP contribution in [0.2, 0.25) is 0 Å². The third-order valence-corrected chi connectivity index (χ3v) is 1.25. The summed E-state index contributed by atoms with van der Waals surface area (Å²) < 4.78 is 0. The second-order valence-corrected chi connectivity index (χ2v) is 2.01. The molecule has 56 valence electrons. The summed E-state index contributed by atoms with van der Waals surface area (Å²) in [6, 6.07) is 0. The van der Waals surface area contributed by atoms with E-state index in [1.807, 2.05) is 0 Å². The molecular weight excluding hydrogens is 142 g/mol. The van der Waals surface area contributed by atoms with E-state index in [0.29, 0.717) is 0 Å². The molecule has 11 heavy (non-hydrogen) atoms. The zero-order valence-electron chi connectivity index (χ0n) is 5.74. The van der Waals surface area contributed by atoms with Gasteiger partial charge in [-0.15, -0.1) is 5.73 Å². The first-order chi connectivity index (χ1) is 5.22. The third-order valence-electron chi connectivity index (χ3n) is 1.25. The third kappa shape index (κ3) is 1.60. The van der Waals surface area contributed by atoms with E-state index in [1.54, 1.807) is 6.08 Å². The van der Waals surface area contributed by atoms with Gasteiger partial charge in [-0.3, -0.25) is 0 Å². The molecule has 0 unspecified atom stereocenters. The molecule has 1 aliphatic carbocycles. The highest BCUT2D eigenvalue weighted by molar-refractivity contribution is 5.92. The molecule has 0 saturated heterocycles. The summed E-state index contributed by atoms with van der Waals surface area (Å²) in [6.07, 6.45) is 6.00. The Balaban J connectivity index is 3.07. The predicted octanol–water partition coefficient (Wildman–Crippen LogP) is 0.565. The Kier molecular flexibility index (Phi) is 1.95. The number of allylic oxidation sites excluding steroid dienone is 3. The summed E-state index contributed by atoms with van der Waals surface area (Å²) in [4.78, 5) is 10.5. The Labute approximate surface area is 63.8 Å². The average Bonchev–Trinajstić information content (AvgIpc) is 2.13. The van der Waals surface area contributed by atoms with Crippen molar-refractivity contribution >= 4 is 5.97 Å². The monoisotopic (exact) mass is 149 g/mol. The molecule has 0 atom stereocenters. The van der Waals surface area contributed by atoms with Gasteiger partial charge in [0.05, 0.1) is 5.57 Å². The van der Waals surface area contributed by atoms with Crippen LogP contribution in [0.5, 0.6) is 0 Å². The Morgan fingerprint density at radius 1 is 1.45 bits per heavy atom. The van der Waals surface area contributed by atoms with Gasteiger partial charge in [0.25, 0.3) is 0 Å². The molecule has 1 aliphatic rings. The second-order valence-electron chi connectivity index (χ2n) is 2.01. The summed E-state index contributed by atoms with van der Waals surface area (Å²) in [7, 11) is 0. The molecule has 0 saturated carbocycles. The molecule has 0 radical (unpaired) electrons. The molecule has 0 aliphatic heterocycles. The molecule has 3 heteroatoms. The number of carboxylic acid groups (broad SMARTS) is 1. The van der Waals surface area contributed by atoms with Crippen molar-refractivity contribution in [1.29, 1.82) is 0 Å². The number of hydrogen-bond acceptors (Lipinski definition) is 2. The SMILES string of the molecule is NC1=CC=C=CC=C1C(=O)O. The van der Waals surface area contributed by atoms with Gasteiger partial charge in [-0.25, -0.2) is 4.79 Å². The highest BCUT2D eigenvalue weighted by Gasteiger charge is 2.08. The highest BCUT2D eigenvalue weighted by Crippen LogP contribution is 2.06. The molecule has 0 spiro atoms. The predicted molar refractivity (Wildman–Crippen MR) is 40.6 cm³/mol. The van der Waals surface area contributed by atoms with Gasteiger partial charge in [-0.1, -0.05) is 0 Å². The lowest BCUT2D eigenvalue weighted by molar-refractivity contribution is -0.132. The van der Waals surface area contributed by atoms with Crippen molar-refractivity contribution < 1.29 is 9.90 Å². The van der Waals surface area contributed by atoms with Crippen LogP contribution in [0.1, 0.15) is 0 Å². The van der Waals surface area contributed by atoms with Crippen molar-refractivity contribution in [3.05, 3.63) is 41.3 Å². The fraction of sp³-hybridized carbons (Fsp3) is 0. The first-order valence-electron chi connectivity index (χ1n) is 3.04. The van der Waals surface area contributed by atoms with Crippen LogP contribution in [-0.4, -0.2) is 11.1 Å². The van der Waals surface area contributed by atoms with Gasteiger partial charge in [0.1, 0.15) is 0 Å². The van der Waals surface area contributed by atoms with Crippen LogP contribution in [0.15, 0.2) is 41.3 Å². The zero-order valence-corrected chi connectivity index (χ0v) is 5.74. The van der Waals surface area contributed by atoms with Crippen molar-refractivity contribution in [3.8, 4) is 0 Å². The minimum Gasteiger partial charge on any atom is -0.478 e. The maximum Gasteiger partial charge on any atom is 0.337 e. The molecule has 0 bridgehead atoms. The lowest BCUT2D eigenvalue weighted by Gasteiger charge is -1.97. The van der Waals surface area contributed by atoms with Crippen LogP contribution in [-0.2, 0) is 4.79 Å². The second kappa shape index (κ2) is 2.90. The van der Waals surface area contributed by atoms with Gasteiger partial charge in [0, 0.05) is 5.70 Å². The summed E-state index contributed by atoms with van der Waals surface area (Å²) in [5.41, 5.74) is 8.47. The maximum absolute atomic E-state index is 10.5. The van der Waals surface area contributed by atoms with Gasteiger partial charge in [0.2, 0.25) is 0 Å². The Hall–Kier alpha value is -1.73. The Morgan fingerprint density at radius 2 is 2.09 bits per heavy atom. The molecular formula is C8H7NO2. The lowest BCUT2D eigenvalue weighted by atomic mass is 10.2. The largest absolute Gasteiger partial charge is 0.478 e. The molecule has 0 amide bonds. The average molecular weight is 149 g/mol. The summed E-state index contributed by atoms with van der Waals surface area (Å²) >= 11 is 0. The zero-order chi connectivity index (χ0) is 8.27. The quantitative estimate of drug-likeness (QED) is 0.535. The van der Waals surface area contributed by atoms with Gasteiger partial charge in [-0.05, 0) is 24.3 Å². The number of carbonyl (C=O) groups is 1. The van der Waals surface area contributed by atoms with Gasteiger partial charge in [-0.2, -0.15) is 0 Å². The molecule has 0 aromatic carbocycles. The topological polar surface area (TPSA) is 63.3 Å². The van der Waals surface area contributed by atoms with E-state index < -0.39 is 5.97 Å². The first kappa shape index (κ1) is 7.38. The van der Waals surface area contributed by atoms with Gasteiger partial charge < -0.3 is 10.8 Å². The molecule has 0 heterocycles. The maximum atomic E-state index is 10.5. The number of aliphatic carboxylic acids is 1. The van der Waals surface area contributed by atoms with Crippen molar-refractivity contribution in [2.75, 3.05) is 0 Å². The Morgan fingerprint density at radius 3 is 2.73 bits per heavy atom. The van der Waals surface area contributed by atoms with Crippen LogP contribution in [0.25, 0.3) is 0 Å². The highest BCUT2D eigenvalue weighted by atomic mass is 16.4. The molecule has 1 rings (SSSR count). The molecule has 3 N–H and O–H groups in total. The van der Waals surface area contributed by atoms with Crippen LogP contribution in [0, 0.1) is 0 Å². The summed E-state index contributed by atoms with van der Waals surface area (Å²) in [5, 5.41) is 8.58. The van der Waals surface area contributed by atoms with E-state index in [9.17, 15) is 4.79 Å². The van der Waals surface area contributed by atoms with E-state index in [1.165, 1.54) is 18.2 Å². The van der Waals surface area contributed by atoms with Crippen LogP contribution >= 0.6 is 0 Å². The first-order valence-corrected chi connectivity index (χ1v) is 3.04. The Bertz CT molecular complexity index is 304. The van der Waals surface area contributed by atoms with E-state index in [-0.39, 0.29) is 11.3 Å². The van der Waals surface area contributed by atoms with Crippen LogP contribution < -0.4 is 5.73 Å². The molecule has 0 aromatic heterocycles. The van der Waals surface area contributed by atoms with Crippen molar-refractivity contribution in [1.82, 2.24) is 0 Å². The number of rotatable bonds is 1.